The van der Waals surface area contributed by atoms with E-state index in [0.717, 1.165) is 29.4 Å². The molecule has 0 bridgehead atoms. The van der Waals surface area contributed by atoms with Gasteiger partial charge in [0.05, 0.1) is 37.6 Å². The number of hydrogen-bond donors (Lipinski definition) is 1. The van der Waals surface area contributed by atoms with E-state index in [1.165, 1.54) is 13.4 Å². The highest BCUT2D eigenvalue weighted by molar-refractivity contribution is 5.88. The van der Waals surface area contributed by atoms with Crippen molar-refractivity contribution in [2.75, 3.05) is 32.1 Å². The molecule has 1 amide bonds. The van der Waals surface area contributed by atoms with E-state index >= 15 is 0 Å². The van der Waals surface area contributed by atoms with E-state index < -0.39 is 5.97 Å². The summed E-state index contributed by atoms with van der Waals surface area (Å²) in [6.07, 6.45) is 2.81. The van der Waals surface area contributed by atoms with E-state index in [4.69, 9.17) is 18.9 Å². The number of hydrogen-bond acceptors (Lipinski definition) is 7. The molecule has 31 heavy (non-hydrogen) atoms. The van der Waals surface area contributed by atoms with Crippen molar-refractivity contribution < 1.29 is 23.5 Å². The number of piperidine rings is 1. The summed E-state index contributed by atoms with van der Waals surface area (Å²) in [6.45, 7) is 3.85. The number of fused-ring (bicyclic) bond motifs is 1. The normalized spacial score (nSPS) is 14.6. The Morgan fingerprint density at radius 1 is 1.23 bits per heavy atom. The van der Waals surface area contributed by atoms with Crippen molar-refractivity contribution in [3.05, 3.63) is 47.9 Å². The Labute approximate surface area is 179 Å². The SMILES string of the molecule is CCOC(=O)N1CCC(Nc2nc3ccccc3n2Cc2ccoc2C(=O)OC)CC1. The molecule has 0 unspecified atom stereocenters. The van der Waals surface area contributed by atoms with Crippen LogP contribution < -0.4 is 5.32 Å². The van der Waals surface area contributed by atoms with Crippen LogP contribution in [0.2, 0.25) is 0 Å². The second-order valence-corrected chi connectivity index (χ2v) is 7.38. The van der Waals surface area contributed by atoms with Gasteiger partial charge in [0.1, 0.15) is 0 Å². The summed E-state index contributed by atoms with van der Waals surface area (Å²) in [5, 5.41) is 3.53. The number of anilines is 1. The van der Waals surface area contributed by atoms with Gasteiger partial charge < -0.3 is 28.7 Å². The van der Waals surface area contributed by atoms with Crippen molar-refractivity contribution in [1.82, 2.24) is 14.5 Å². The van der Waals surface area contributed by atoms with E-state index in [1.54, 1.807) is 11.0 Å². The zero-order valence-corrected chi connectivity index (χ0v) is 17.7. The molecule has 0 atom stereocenters. The van der Waals surface area contributed by atoms with Gasteiger partial charge in [0.25, 0.3) is 0 Å². The van der Waals surface area contributed by atoms with E-state index in [-0.39, 0.29) is 17.9 Å². The number of ether oxygens (including phenoxy) is 2. The van der Waals surface area contributed by atoms with Gasteiger partial charge in [-0.1, -0.05) is 12.1 Å². The zero-order chi connectivity index (χ0) is 21.8. The molecule has 9 nitrogen and oxygen atoms in total. The van der Waals surface area contributed by atoms with Gasteiger partial charge in [0.15, 0.2) is 0 Å². The van der Waals surface area contributed by atoms with Crippen molar-refractivity contribution in [2.45, 2.75) is 32.4 Å². The third-order valence-corrected chi connectivity index (χ3v) is 5.45. The van der Waals surface area contributed by atoms with Gasteiger partial charge in [-0.15, -0.1) is 0 Å². The molecule has 0 saturated carbocycles. The molecule has 0 spiro atoms. The monoisotopic (exact) mass is 426 g/mol. The van der Waals surface area contributed by atoms with Gasteiger partial charge in [-0.25, -0.2) is 14.6 Å². The molecular formula is C22H26N4O5. The van der Waals surface area contributed by atoms with Crippen LogP contribution in [0, 0.1) is 0 Å². The standard InChI is InChI=1S/C22H26N4O5/c1-3-30-22(28)25-11-8-16(9-12-25)23-21-24-17-6-4-5-7-18(17)26(21)14-15-10-13-31-19(15)20(27)29-2/h4-7,10,13,16H,3,8-9,11-12,14H2,1-2H3,(H,23,24). The lowest BCUT2D eigenvalue weighted by Gasteiger charge is -2.31. The van der Waals surface area contributed by atoms with Gasteiger partial charge in [-0.3, -0.25) is 0 Å². The lowest BCUT2D eigenvalue weighted by molar-refractivity contribution is 0.0563. The van der Waals surface area contributed by atoms with Gasteiger partial charge in [-0.05, 0) is 38.0 Å². The summed E-state index contributed by atoms with van der Waals surface area (Å²) in [7, 11) is 1.33. The minimum atomic E-state index is -0.509. The first-order valence-corrected chi connectivity index (χ1v) is 10.4. The molecule has 9 heteroatoms. The van der Waals surface area contributed by atoms with E-state index in [2.05, 4.69) is 5.32 Å². The molecule has 1 fully saturated rings. The Morgan fingerprint density at radius 2 is 2.00 bits per heavy atom. The Balaban J connectivity index is 1.55. The summed E-state index contributed by atoms with van der Waals surface area (Å²) >= 11 is 0. The first kappa shape index (κ1) is 20.8. The Hall–Kier alpha value is -3.49. The lowest BCUT2D eigenvalue weighted by atomic mass is 10.1. The number of amides is 1. The number of carbonyl (C=O) groups excluding carboxylic acids is 2. The molecule has 1 saturated heterocycles. The number of likely N-dealkylation sites (tertiary alicyclic amines) is 1. The number of nitrogens with one attached hydrogen (secondary N) is 1. The summed E-state index contributed by atoms with van der Waals surface area (Å²) in [6, 6.07) is 9.79. The van der Waals surface area contributed by atoms with Crippen LogP contribution in [-0.2, 0) is 16.0 Å². The summed E-state index contributed by atoms with van der Waals surface area (Å²) < 4.78 is 17.3. The van der Waals surface area contributed by atoms with Crippen LogP contribution in [0.4, 0.5) is 10.7 Å². The molecule has 0 radical (unpaired) electrons. The first-order valence-electron chi connectivity index (χ1n) is 10.4. The highest BCUT2D eigenvalue weighted by atomic mass is 16.6. The molecule has 2 aromatic heterocycles. The van der Waals surface area contributed by atoms with Crippen molar-refractivity contribution in [1.29, 1.82) is 0 Å². The fourth-order valence-electron chi connectivity index (χ4n) is 3.85. The highest BCUT2D eigenvalue weighted by Crippen LogP contribution is 2.25. The Kier molecular flexibility index (Phi) is 6.11. The summed E-state index contributed by atoms with van der Waals surface area (Å²) in [5.74, 6) is 0.395. The number of rotatable bonds is 6. The van der Waals surface area contributed by atoms with E-state index in [1.807, 2.05) is 35.8 Å². The maximum atomic E-state index is 12.0. The van der Waals surface area contributed by atoms with Crippen molar-refractivity contribution >= 4 is 29.0 Å². The molecule has 1 N–H and O–H groups in total. The van der Waals surface area contributed by atoms with Crippen LogP contribution >= 0.6 is 0 Å². The second-order valence-electron chi connectivity index (χ2n) is 7.38. The number of esters is 1. The minimum Gasteiger partial charge on any atom is -0.463 e. The molecular weight excluding hydrogens is 400 g/mol. The number of imidazole rings is 1. The number of furan rings is 1. The minimum absolute atomic E-state index is 0.172. The van der Waals surface area contributed by atoms with E-state index in [0.29, 0.717) is 32.2 Å². The van der Waals surface area contributed by atoms with Crippen LogP contribution in [0.5, 0.6) is 0 Å². The molecule has 3 aromatic rings. The lowest BCUT2D eigenvalue weighted by Crippen LogP contribution is -2.42. The first-order chi connectivity index (χ1) is 15.1. The third kappa shape index (κ3) is 4.35. The molecule has 1 aliphatic rings. The van der Waals surface area contributed by atoms with Crippen LogP contribution in [0.1, 0.15) is 35.9 Å². The number of carbonyl (C=O) groups is 2. The molecule has 164 valence electrons. The van der Waals surface area contributed by atoms with Gasteiger partial charge in [-0.2, -0.15) is 0 Å². The maximum Gasteiger partial charge on any atom is 0.409 e. The second kappa shape index (κ2) is 9.11. The molecule has 1 aromatic carbocycles. The third-order valence-electron chi connectivity index (χ3n) is 5.45. The number of aromatic nitrogens is 2. The average molecular weight is 426 g/mol. The number of methoxy groups -OCH3 is 1. The molecule has 1 aliphatic heterocycles. The number of nitrogens with zero attached hydrogens (tertiary/aromatic N) is 3. The van der Waals surface area contributed by atoms with Gasteiger partial charge in [0, 0.05) is 24.7 Å². The number of para-hydroxylation sites is 2. The van der Waals surface area contributed by atoms with Gasteiger partial charge in [0.2, 0.25) is 11.7 Å². The van der Waals surface area contributed by atoms with Crippen molar-refractivity contribution in [2.24, 2.45) is 0 Å². The van der Waals surface area contributed by atoms with Crippen molar-refractivity contribution in [3.63, 3.8) is 0 Å². The fraction of sp³-hybridized carbons (Fsp3) is 0.409. The average Bonchev–Trinajstić information content (AvgIpc) is 3.39. The smallest absolute Gasteiger partial charge is 0.409 e. The molecule has 4 rings (SSSR count). The summed E-state index contributed by atoms with van der Waals surface area (Å²) in [5.41, 5.74) is 2.53. The fourth-order valence-corrected chi connectivity index (χ4v) is 3.85. The predicted octanol–water partition coefficient (Wildman–Crippen LogP) is 3.50. The summed E-state index contributed by atoms with van der Waals surface area (Å²) in [4.78, 5) is 30.5. The van der Waals surface area contributed by atoms with Crippen LogP contribution in [0.3, 0.4) is 0 Å². The predicted molar refractivity (Wildman–Crippen MR) is 114 cm³/mol. The van der Waals surface area contributed by atoms with E-state index in [9.17, 15) is 9.59 Å². The Morgan fingerprint density at radius 3 is 2.74 bits per heavy atom. The largest absolute Gasteiger partial charge is 0.463 e. The van der Waals surface area contributed by atoms with Crippen LogP contribution in [-0.4, -0.2) is 59.4 Å². The molecule has 3 heterocycles. The molecule has 0 aliphatic carbocycles. The number of benzene rings is 1. The zero-order valence-electron chi connectivity index (χ0n) is 17.7. The quantitative estimate of drug-likeness (QED) is 0.602. The Bertz CT molecular complexity index is 1060. The van der Waals surface area contributed by atoms with Crippen LogP contribution in [0.15, 0.2) is 41.0 Å². The highest BCUT2D eigenvalue weighted by Gasteiger charge is 2.25. The maximum absolute atomic E-state index is 12.0. The van der Waals surface area contributed by atoms with Crippen molar-refractivity contribution in [3.8, 4) is 0 Å². The van der Waals surface area contributed by atoms with Gasteiger partial charge >= 0.3 is 12.1 Å². The van der Waals surface area contributed by atoms with Crippen LogP contribution in [0.25, 0.3) is 11.0 Å². The topological polar surface area (TPSA) is 98.8 Å².